The summed E-state index contributed by atoms with van der Waals surface area (Å²) in [4.78, 5) is 8.90. The Morgan fingerprint density at radius 3 is 3.00 bits per heavy atom. The van der Waals surface area contributed by atoms with E-state index in [-0.39, 0.29) is 13.2 Å². The molecule has 0 spiro atoms. The molecule has 0 radical (unpaired) electrons. The van der Waals surface area contributed by atoms with E-state index in [9.17, 15) is 5.11 Å². The predicted octanol–water partition coefficient (Wildman–Crippen LogP) is 1.33. The van der Waals surface area contributed by atoms with E-state index in [1.165, 1.54) is 0 Å². The largest absolute Gasteiger partial charge is 0.491 e. The van der Waals surface area contributed by atoms with Crippen LogP contribution in [0.25, 0.3) is 22.4 Å². The molecule has 114 valence electrons. The molecule has 2 heterocycles. The third-order valence-corrected chi connectivity index (χ3v) is 3.40. The van der Waals surface area contributed by atoms with Crippen molar-refractivity contribution in [3.05, 3.63) is 42.7 Å². The molecule has 6 nitrogen and oxygen atoms in total. The van der Waals surface area contributed by atoms with Gasteiger partial charge in [0.25, 0.3) is 0 Å². The van der Waals surface area contributed by atoms with Gasteiger partial charge in [0.1, 0.15) is 24.0 Å². The molecule has 1 unspecified atom stereocenters. The number of aliphatic hydroxyl groups excluding tert-OH is 1. The van der Waals surface area contributed by atoms with Gasteiger partial charge in [0.15, 0.2) is 5.65 Å². The summed E-state index contributed by atoms with van der Waals surface area (Å²) in [6.07, 6.45) is 1.09. The van der Waals surface area contributed by atoms with Gasteiger partial charge in [0, 0.05) is 19.2 Å². The third kappa shape index (κ3) is 2.93. The lowest BCUT2D eigenvalue weighted by molar-refractivity contribution is 0.114. The molecular weight excluding hydrogens is 280 g/mol. The molecule has 0 fully saturated rings. The summed E-state index contributed by atoms with van der Waals surface area (Å²) in [6.45, 7) is 0.354. The Kier molecular flexibility index (Phi) is 4.04. The molecule has 0 aliphatic carbocycles. The first-order valence-electron chi connectivity index (χ1n) is 7.07. The topological polar surface area (TPSA) is 86.2 Å². The van der Waals surface area contributed by atoms with Crippen LogP contribution in [-0.2, 0) is 7.05 Å². The molecule has 0 saturated heterocycles. The van der Waals surface area contributed by atoms with Crippen LogP contribution in [0.2, 0.25) is 0 Å². The van der Waals surface area contributed by atoms with Crippen molar-refractivity contribution in [3.63, 3.8) is 0 Å². The maximum absolute atomic E-state index is 9.46. The van der Waals surface area contributed by atoms with Crippen LogP contribution < -0.4 is 10.5 Å². The van der Waals surface area contributed by atoms with E-state index in [0.717, 1.165) is 22.4 Å². The van der Waals surface area contributed by atoms with E-state index in [1.807, 2.05) is 48.0 Å². The van der Waals surface area contributed by atoms with E-state index >= 15 is 0 Å². The molecular formula is C16H18N4O2. The first kappa shape index (κ1) is 14.5. The highest BCUT2D eigenvalue weighted by atomic mass is 16.5. The third-order valence-electron chi connectivity index (χ3n) is 3.40. The lowest BCUT2D eigenvalue weighted by Gasteiger charge is -2.11. The number of nitrogens with zero attached hydrogens (tertiary/aromatic N) is 3. The van der Waals surface area contributed by atoms with Gasteiger partial charge in [-0.2, -0.15) is 0 Å². The second-order valence-electron chi connectivity index (χ2n) is 5.12. The van der Waals surface area contributed by atoms with Gasteiger partial charge in [-0.1, -0.05) is 12.1 Å². The second-order valence-corrected chi connectivity index (χ2v) is 5.12. The minimum absolute atomic E-state index is 0.175. The minimum atomic E-state index is -0.660. The average Bonchev–Trinajstić information content (AvgIpc) is 2.93. The average molecular weight is 298 g/mol. The van der Waals surface area contributed by atoms with Crippen molar-refractivity contribution in [3.8, 4) is 17.0 Å². The summed E-state index contributed by atoms with van der Waals surface area (Å²) < 4.78 is 7.43. The number of rotatable bonds is 5. The summed E-state index contributed by atoms with van der Waals surface area (Å²) >= 11 is 0. The van der Waals surface area contributed by atoms with Gasteiger partial charge in [0.2, 0.25) is 0 Å². The molecule has 0 amide bonds. The number of hydrogen-bond donors (Lipinski definition) is 2. The first-order valence-corrected chi connectivity index (χ1v) is 7.07. The minimum Gasteiger partial charge on any atom is -0.491 e. The number of hydrogen-bond acceptors (Lipinski definition) is 5. The predicted molar refractivity (Wildman–Crippen MR) is 84.5 cm³/mol. The molecule has 0 aliphatic heterocycles. The van der Waals surface area contributed by atoms with Crippen molar-refractivity contribution in [2.45, 2.75) is 6.10 Å². The molecule has 2 aromatic heterocycles. The van der Waals surface area contributed by atoms with Crippen LogP contribution in [0.15, 0.2) is 42.7 Å². The Balaban J connectivity index is 1.88. The fourth-order valence-corrected chi connectivity index (χ4v) is 2.17. The Bertz CT molecular complexity index is 785. The van der Waals surface area contributed by atoms with Gasteiger partial charge in [-0.25, -0.2) is 9.97 Å². The monoisotopic (exact) mass is 298 g/mol. The zero-order chi connectivity index (χ0) is 15.5. The van der Waals surface area contributed by atoms with Crippen LogP contribution in [0.4, 0.5) is 0 Å². The molecule has 1 aromatic carbocycles. The van der Waals surface area contributed by atoms with Gasteiger partial charge < -0.3 is 20.1 Å². The van der Waals surface area contributed by atoms with Crippen molar-refractivity contribution in [1.29, 1.82) is 0 Å². The maximum Gasteiger partial charge on any atom is 0.160 e. The maximum atomic E-state index is 9.46. The zero-order valence-corrected chi connectivity index (χ0v) is 12.3. The molecule has 0 bridgehead atoms. The van der Waals surface area contributed by atoms with Crippen molar-refractivity contribution < 1.29 is 9.84 Å². The molecule has 3 rings (SSSR count). The number of fused-ring (bicyclic) bond motifs is 1. The lowest BCUT2D eigenvalue weighted by Crippen LogP contribution is -2.26. The number of aryl methyl sites for hydroxylation is 1. The van der Waals surface area contributed by atoms with Crippen LogP contribution in [0.3, 0.4) is 0 Å². The van der Waals surface area contributed by atoms with Gasteiger partial charge in [-0.15, -0.1) is 0 Å². The standard InChI is InChI=1S/C16H18N4O2/c1-20-10-18-15-6-5-14(19-16(15)20)11-3-2-4-13(7-11)22-9-12(21)8-17/h2-7,10,12,21H,8-9,17H2,1H3. The molecule has 6 heteroatoms. The van der Waals surface area contributed by atoms with Crippen LogP contribution in [0, 0.1) is 0 Å². The Labute approximate surface area is 128 Å². The van der Waals surface area contributed by atoms with Crippen LogP contribution >= 0.6 is 0 Å². The number of imidazole rings is 1. The second kappa shape index (κ2) is 6.13. The van der Waals surface area contributed by atoms with Crippen molar-refractivity contribution in [1.82, 2.24) is 14.5 Å². The van der Waals surface area contributed by atoms with E-state index in [1.54, 1.807) is 6.33 Å². The molecule has 1 atom stereocenters. The SMILES string of the molecule is Cn1cnc2ccc(-c3cccc(OCC(O)CN)c3)nc21. The highest BCUT2D eigenvalue weighted by Gasteiger charge is 2.07. The Hall–Kier alpha value is -2.44. The normalized spacial score (nSPS) is 12.5. The molecule has 22 heavy (non-hydrogen) atoms. The van der Waals surface area contributed by atoms with Gasteiger partial charge in [-0.3, -0.25) is 0 Å². The van der Waals surface area contributed by atoms with Crippen LogP contribution in [0.5, 0.6) is 5.75 Å². The van der Waals surface area contributed by atoms with E-state index in [2.05, 4.69) is 9.97 Å². The van der Waals surface area contributed by atoms with Crippen molar-refractivity contribution >= 4 is 11.2 Å². The fraction of sp³-hybridized carbons (Fsp3) is 0.250. The number of benzene rings is 1. The highest BCUT2D eigenvalue weighted by molar-refractivity contribution is 5.75. The smallest absolute Gasteiger partial charge is 0.160 e. The van der Waals surface area contributed by atoms with Crippen molar-refractivity contribution in [2.24, 2.45) is 12.8 Å². The quantitative estimate of drug-likeness (QED) is 0.742. The summed E-state index contributed by atoms with van der Waals surface area (Å²) in [5.41, 5.74) is 8.86. The summed E-state index contributed by atoms with van der Waals surface area (Å²) in [5.74, 6) is 0.678. The summed E-state index contributed by atoms with van der Waals surface area (Å²) in [5, 5.41) is 9.46. The van der Waals surface area contributed by atoms with Crippen LogP contribution in [-0.4, -0.2) is 38.9 Å². The Morgan fingerprint density at radius 1 is 1.32 bits per heavy atom. The lowest BCUT2D eigenvalue weighted by atomic mass is 10.1. The Morgan fingerprint density at radius 2 is 2.18 bits per heavy atom. The van der Waals surface area contributed by atoms with Gasteiger partial charge >= 0.3 is 0 Å². The fourth-order valence-electron chi connectivity index (χ4n) is 2.17. The number of aromatic nitrogens is 3. The molecule has 3 aromatic rings. The molecule has 3 N–H and O–H groups in total. The number of nitrogens with two attached hydrogens (primary N) is 1. The number of pyridine rings is 1. The number of ether oxygens (including phenoxy) is 1. The van der Waals surface area contributed by atoms with Crippen molar-refractivity contribution in [2.75, 3.05) is 13.2 Å². The first-order chi connectivity index (χ1) is 10.7. The van der Waals surface area contributed by atoms with Gasteiger partial charge in [-0.05, 0) is 24.3 Å². The van der Waals surface area contributed by atoms with Crippen LogP contribution in [0.1, 0.15) is 0 Å². The van der Waals surface area contributed by atoms with E-state index in [0.29, 0.717) is 5.75 Å². The highest BCUT2D eigenvalue weighted by Crippen LogP contribution is 2.24. The van der Waals surface area contributed by atoms with E-state index in [4.69, 9.17) is 10.5 Å². The molecule has 0 aliphatic rings. The summed E-state index contributed by atoms with van der Waals surface area (Å²) in [7, 11) is 1.92. The summed E-state index contributed by atoms with van der Waals surface area (Å²) in [6, 6.07) is 11.5. The number of aliphatic hydroxyl groups is 1. The zero-order valence-electron chi connectivity index (χ0n) is 12.3. The van der Waals surface area contributed by atoms with Gasteiger partial charge in [0.05, 0.1) is 12.0 Å². The van der Waals surface area contributed by atoms with E-state index < -0.39 is 6.10 Å². The molecule has 0 saturated carbocycles.